The summed E-state index contributed by atoms with van der Waals surface area (Å²) < 4.78 is 12.3. The maximum atomic E-state index is 12.3. The summed E-state index contributed by atoms with van der Waals surface area (Å²) in [5.41, 5.74) is 2.12. The highest BCUT2D eigenvalue weighted by Crippen LogP contribution is 2.15. The van der Waals surface area contributed by atoms with Crippen molar-refractivity contribution in [2.24, 2.45) is 0 Å². The van der Waals surface area contributed by atoms with Crippen LogP contribution < -0.4 is 0 Å². The molecule has 2 rings (SSSR count). The van der Waals surface area contributed by atoms with Crippen LogP contribution in [0.2, 0.25) is 0 Å². The van der Waals surface area contributed by atoms with Crippen LogP contribution >= 0.6 is 0 Å². The van der Waals surface area contributed by atoms with Crippen LogP contribution in [0, 0.1) is 6.92 Å². The molecular weight excluding hydrogens is 306 g/mol. The fourth-order valence-electron chi connectivity index (χ4n) is 2.42. The Hall–Kier alpha value is -1.49. The molecule has 0 aliphatic carbocycles. The number of benzene rings is 2. The molecule has 0 fully saturated rings. The number of hydrogen-bond donors (Lipinski definition) is 1. The second-order valence-electron chi connectivity index (χ2n) is 5.68. The monoisotopic (exact) mass is 331 g/mol. The van der Waals surface area contributed by atoms with Gasteiger partial charge in [-0.1, -0.05) is 55.0 Å². The van der Waals surface area contributed by atoms with Gasteiger partial charge in [0.05, 0.1) is 16.9 Å². The minimum atomic E-state index is -0.991. The Labute approximate surface area is 141 Å². The average Bonchev–Trinajstić information content (AvgIpc) is 2.59. The zero-order valence-corrected chi connectivity index (χ0v) is 14.6. The molecule has 0 aliphatic rings. The maximum absolute atomic E-state index is 12.3. The van der Waals surface area contributed by atoms with Crippen LogP contribution in [0.3, 0.4) is 0 Å². The molecule has 124 valence electrons. The quantitative estimate of drug-likeness (QED) is 0.808. The topological polar surface area (TPSA) is 40.5 Å². The molecule has 0 saturated heterocycles. The Balaban J connectivity index is 1.87. The van der Waals surface area contributed by atoms with Crippen LogP contribution in [0.1, 0.15) is 24.2 Å². The fourth-order valence-corrected chi connectivity index (χ4v) is 3.54. The average molecular weight is 331 g/mol. The van der Waals surface area contributed by atoms with E-state index in [0.29, 0.717) is 18.8 Å². The van der Waals surface area contributed by atoms with Crippen molar-refractivity contribution in [3.05, 3.63) is 65.7 Å². The molecule has 2 unspecified atom stereocenters. The zero-order valence-electron chi connectivity index (χ0n) is 13.8. The van der Waals surface area contributed by atoms with Gasteiger partial charge in [-0.15, -0.1) is 0 Å². The highest BCUT2D eigenvalue weighted by atomic mass is 32.2. The third kappa shape index (κ3) is 5.57. The summed E-state index contributed by atoms with van der Waals surface area (Å²) in [4.78, 5) is 3.01. The summed E-state index contributed by atoms with van der Waals surface area (Å²) in [7, 11) is -0.991. The molecule has 0 saturated carbocycles. The number of aryl methyl sites for hydroxylation is 1. The van der Waals surface area contributed by atoms with E-state index >= 15 is 0 Å². The smallest absolute Gasteiger partial charge is 0.0916 e. The van der Waals surface area contributed by atoms with E-state index in [9.17, 15) is 9.32 Å². The fraction of sp³-hybridized carbons (Fsp3) is 0.368. The highest BCUT2D eigenvalue weighted by molar-refractivity contribution is 7.85. The molecule has 4 heteroatoms. The molecule has 0 radical (unpaired) electrons. The lowest BCUT2D eigenvalue weighted by Gasteiger charge is -2.23. The molecule has 0 aliphatic heterocycles. The lowest BCUT2D eigenvalue weighted by atomic mass is 10.1. The summed E-state index contributed by atoms with van der Waals surface area (Å²) in [6, 6.07) is 17.5. The summed E-state index contributed by atoms with van der Waals surface area (Å²) in [6.07, 6.45) is -0.513. The Morgan fingerprint density at radius 3 is 2.35 bits per heavy atom. The van der Waals surface area contributed by atoms with E-state index in [1.165, 1.54) is 5.56 Å². The minimum Gasteiger partial charge on any atom is -0.387 e. The zero-order chi connectivity index (χ0) is 16.7. The molecule has 2 aromatic rings. The van der Waals surface area contributed by atoms with Crippen molar-refractivity contribution in [3.8, 4) is 0 Å². The van der Waals surface area contributed by atoms with Crippen molar-refractivity contribution in [1.29, 1.82) is 0 Å². The van der Waals surface area contributed by atoms with Gasteiger partial charge in [0.2, 0.25) is 0 Å². The van der Waals surface area contributed by atoms with Crippen molar-refractivity contribution in [3.63, 3.8) is 0 Å². The Bertz CT molecular complexity index is 613. The predicted molar refractivity (Wildman–Crippen MR) is 96.0 cm³/mol. The molecule has 0 spiro atoms. The number of nitrogens with zero attached hydrogens (tertiary/aromatic N) is 1. The predicted octanol–water partition coefficient (Wildman–Crippen LogP) is 3.16. The van der Waals surface area contributed by atoms with E-state index in [2.05, 4.69) is 11.8 Å². The molecule has 3 nitrogen and oxygen atoms in total. The van der Waals surface area contributed by atoms with E-state index in [0.717, 1.165) is 17.0 Å². The van der Waals surface area contributed by atoms with Gasteiger partial charge >= 0.3 is 0 Å². The van der Waals surface area contributed by atoms with Crippen molar-refractivity contribution in [2.75, 3.05) is 25.4 Å². The second kappa shape index (κ2) is 8.96. The lowest BCUT2D eigenvalue weighted by Crippen LogP contribution is -2.32. The molecule has 0 bridgehead atoms. The summed E-state index contributed by atoms with van der Waals surface area (Å²) in [5, 5.41) is 10.4. The number of likely N-dealkylation sites (N-methyl/N-ethyl adjacent to an activating group) is 1. The van der Waals surface area contributed by atoms with Gasteiger partial charge in [-0.2, -0.15) is 0 Å². The van der Waals surface area contributed by atoms with Crippen LogP contribution in [-0.2, 0) is 10.8 Å². The highest BCUT2D eigenvalue weighted by Gasteiger charge is 2.13. The molecule has 2 atom stereocenters. The molecular formula is C19H25NO2S. The number of aliphatic hydroxyl groups is 1. The summed E-state index contributed by atoms with van der Waals surface area (Å²) >= 11 is 0. The largest absolute Gasteiger partial charge is 0.387 e. The third-order valence-corrected chi connectivity index (χ3v) is 5.29. The first kappa shape index (κ1) is 17.9. The third-order valence-electron chi connectivity index (χ3n) is 3.94. The standard InChI is InChI=1S/C19H25NO2S/c1-3-20(13-14-23(22)18-7-5-4-6-8-18)15-19(21)17-11-9-16(2)10-12-17/h4-12,19,21H,3,13-15H2,1-2H3. The van der Waals surface area contributed by atoms with Crippen LogP contribution in [0.5, 0.6) is 0 Å². The van der Waals surface area contributed by atoms with E-state index < -0.39 is 16.9 Å². The Morgan fingerprint density at radius 1 is 1.09 bits per heavy atom. The lowest BCUT2D eigenvalue weighted by molar-refractivity contribution is 0.119. The van der Waals surface area contributed by atoms with Crippen molar-refractivity contribution in [1.82, 2.24) is 4.90 Å². The molecule has 0 aromatic heterocycles. The normalized spacial score (nSPS) is 13.9. The number of aliphatic hydroxyl groups excluding tert-OH is 1. The SMILES string of the molecule is CCN(CCS(=O)c1ccccc1)CC(O)c1ccc(C)cc1. The van der Waals surface area contributed by atoms with E-state index in [1.54, 1.807) is 0 Å². The van der Waals surface area contributed by atoms with Gasteiger partial charge in [0.25, 0.3) is 0 Å². The van der Waals surface area contributed by atoms with E-state index in [-0.39, 0.29) is 0 Å². The molecule has 0 heterocycles. The van der Waals surface area contributed by atoms with Gasteiger partial charge in [-0.05, 0) is 31.2 Å². The van der Waals surface area contributed by atoms with Crippen molar-refractivity contribution >= 4 is 10.8 Å². The first-order valence-corrected chi connectivity index (χ1v) is 9.32. The van der Waals surface area contributed by atoms with Gasteiger partial charge < -0.3 is 5.11 Å². The molecule has 1 N–H and O–H groups in total. The van der Waals surface area contributed by atoms with Crippen LogP contribution in [0.25, 0.3) is 0 Å². The summed E-state index contributed by atoms with van der Waals surface area (Å²) in [5.74, 6) is 0.582. The number of rotatable bonds is 8. The van der Waals surface area contributed by atoms with Gasteiger partial charge in [0.1, 0.15) is 0 Å². The Morgan fingerprint density at radius 2 is 1.74 bits per heavy atom. The minimum absolute atomic E-state index is 0.513. The van der Waals surface area contributed by atoms with Crippen LogP contribution in [-0.4, -0.2) is 39.6 Å². The van der Waals surface area contributed by atoms with E-state index in [1.807, 2.05) is 61.5 Å². The first-order valence-electron chi connectivity index (χ1n) is 8.00. The van der Waals surface area contributed by atoms with Crippen molar-refractivity contribution in [2.45, 2.75) is 24.8 Å². The van der Waals surface area contributed by atoms with Gasteiger partial charge in [-0.3, -0.25) is 9.11 Å². The Kier molecular flexibility index (Phi) is 6.96. The first-order chi connectivity index (χ1) is 11.1. The van der Waals surface area contributed by atoms with Crippen LogP contribution in [0.4, 0.5) is 0 Å². The maximum Gasteiger partial charge on any atom is 0.0916 e. The van der Waals surface area contributed by atoms with Gasteiger partial charge in [0.15, 0.2) is 0 Å². The van der Waals surface area contributed by atoms with Gasteiger partial charge in [0, 0.05) is 23.7 Å². The van der Waals surface area contributed by atoms with Gasteiger partial charge in [-0.25, -0.2) is 0 Å². The second-order valence-corrected chi connectivity index (χ2v) is 7.25. The van der Waals surface area contributed by atoms with Crippen molar-refractivity contribution < 1.29 is 9.32 Å². The summed E-state index contributed by atoms with van der Waals surface area (Å²) in [6.45, 7) is 6.20. The number of hydrogen-bond acceptors (Lipinski definition) is 3. The molecule has 0 amide bonds. The van der Waals surface area contributed by atoms with E-state index in [4.69, 9.17) is 0 Å². The molecule has 2 aromatic carbocycles. The van der Waals surface area contributed by atoms with Crippen LogP contribution in [0.15, 0.2) is 59.5 Å². The molecule has 23 heavy (non-hydrogen) atoms.